The molecule has 9 heteroatoms. The molecule has 0 spiro atoms. The molecule has 0 bridgehead atoms. The van der Waals surface area contributed by atoms with E-state index in [0.717, 1.165) is 0 Å². The Bertz CT molecular complexity index is 622. The number of rotatable bonds is 17. The molecule has 0 aliphatic rings. The number of carboxylic acid groups (broad SMARTS) is 1. The molecule has 0 rings (SSSR count). The first-order valence-corrected chi connectivity index (χ1v) is 9.55. The van der Waals surface area contributed by atoms with Crippen molar-refractivity contribution in [2.24, 2.45) is 0 Å². The lowest BCUT2D eigenvalue weighted by molar-refractivity contribution is -0.145. The minimum atomic E-state index is -1.08. The van der Waals surface area contributed by atoms with Crippen LogP contribution in [0, 0.1) is 0 Å². The maximum absolute atomic E-state index is 11.7. The number of carbonyl (C=O) groups excluding carboxylic acids is 2. The van der Waals surface area contributed by atoms with Crippen LogP contribution in [-0.2, 0) is 38.1 Å². The summed E-state index contributed by atoms with van der Waals surface area (Å²) in [6.07, 6.45) is 0.801. The Hall–Kier alpha value is -2.49. The van der Waals surface area contributed by atoms with Gasteiger partial charge in [0.2, 0.25) is 0 Å². The molecule has 170 valence electrons. The lowest BCUT2D eigenvalue weighted by Crippen LogP contribution is -2.24. The van der Waals surface area contributed by atoms with Crippen LogP contribution in [0.25, 0.3) is 0 Å². The topological polar surface area (TPSA) is 118 Å². The van der Waals surface area contributed by atoms with Crippen molar-refractivity contribution in [1.82, 2.24) is 0 Å². The maximum atomic E-state index is 11.7. The predicted octanol–water partition coefficient (Wildman–Crippen LogP) is 2.06. The fraction of sp³-hybridized carbons (Fsp3) is 0.571. The van der Waals surface area contributed by atoms with Crippen LogP contribution in [0.15, 0.2) is 36.0 Å². The highest BCUT2D eigenvalue weighted by Gasteiger charge is 2.16. The van der Waals surface area contributed by atoms with Crippen LogP contribution >= 0.6 is 0 Å². The van der Waals surface area contributed by atoms with Crippen molar-refractivity contribution in [2.75, 3.05) is 46.2 Å². The van der Waals surface area contributed by atoms with Crippen molar-refractivity contribution >= 4 is 17.9 Å². The zero-order valence-electron chi connectivity index (χ0n) is 17.9. The average molecular weight is 428 g/mol. The Kier molecular flexibility index (Phi) is 15.0. The quantitative estimate of drug-likeness (QED) is 0.211. The summed E-state index contributed by atoms with van der Waals surface area (Å²) in [6.45, 7) is 13.3. The van der Waals surface area contributed by atoms with E-state index in [2.05, 4.69) is 13.2 Å². The van der Waals surface area contributed by atoms with Gasteiger partial charge in [0.15, 0.2) is 0 Å². The Morgan fingerprint density at radius 3 is 1.83 bits per heavy atom. The molecular weight excluding hydrogens is 396 g/mol. The Morgan fingerprint density at radius 1 is 0.867 bits per heavy atom. The average Bonchev–Trinajstić information content (AvgIpc) is 2.68. The van der Waals surface area contributed by atoms with Crippen LogP contribution in [-0.4, -0.2) is 75.4 Å². The summed E-state index contributed by atoms with van der Waals surface area (Å²) in [4.78, 5) is 34.0. The Balaban J connectivity index is 4.07. The molecule has 1 atom stereocenters. The van der Waals surface area contributed by atoms with Gasteiger partial charge in [-0.25, -0.2) is 14.4 Å². The second kappa shape index (κ2) is 16.3. The van der Waals surface area contributed by atoms with Gasteiger partial charge < -0.3 is 28.8 Å². The molecule has 0 saturated carbocycles. The zero-order chi connectivity index (χ0) is 22.9. The van der Waals surface area contributed by atoms with Gasteiger partial charge in [0.25, 0.3) is 0 Å². The normalized spacial score (nSPS) is 12.2. The number of carboxylic acids is 1. The second-order valence-electron chi connectivity index (χ2n) is 6.29. The summed E-state index contributed by atoms with van der Waals surface area (Å²) in [7, 11) is 0. The molecule has 0 amide bonds. The molecule has 30 heavy (non-hydrogen) atoms. The second-order valence-corrected chi connectivity index (χ2v) is 6.29. The summed E-state index contributed by atoms with van der Waals surface area (Å²) in [6, 6.07) is 0. The van der Waals surface area contributed by atoms with Crippen molar-refractivity contribution in [2.45, 2.75) is 33.3 Å². The van der Waals surface area contributed by atoms with Crippen LogP contribution in [0.3, 0.4) is 0 Å². The third-order valence-electron chi connectivity index (χ3n) is 3.48. The first-order chi connectivity index (χ1) is 14.2. The monoisotopic (exact) mass is 428 g/mol. The lowest BCUT2D eigenvalue weighted by Gasteiger charge is -2.16. The van der Waals surface area contributed by atoms with Crippen molar-refractivity contribution < 1.29 is 43.2 Å². The molecule has 1 N–H and O–H groups in total. The number of hydrogen-bond acceptors (Lipinski definition) is 8. The predicted molar refractivity (Wildman–Crippen MR) is 109 cm³/mol. The number of esters is 2. The van der Waals surface area contributed by atoms with Crippen molar-refractivity contribution in [3.05, 3.63) is 36.0 Å². The Labute approximate surface area is 177 Å². The molecule has 1 unspecified atom stereocenters. The molecule has 0 aromatic carbocycles. The van der Waals surface area contributed by atoms with Crippen molar-refractivity contribution in [3.63, 3.8) is 0 Å². The SMILES string of the molecule is C=C(C)C(=O)OCCOCCOCCOCC(C=C(CC)C(=O)O)OC(=O)C(=C)C. The van der Waals surface area contributed by atoms with E-state index in [0.29, 0.717) is 18.8 Å². The molecule has 0 aliphatic carbocycles. The highest BCUT2D eigenvalue weighted by atomic mass is 16.6. The first kappa shape index (κ1) is 27.5. The minimum absolute atomic E-state index is 0.0102. The molecule has 0 saturated heterocycles. The van der Waals surface area contributed by atoms with Gasteiger partial charge in [-0.3, -0.25) is 0 Å². The van der Waals surface area contributed by atoms with Gasteiger partial charge in [-0.15, -0.1) is 0 Å². The molecule has 0 aromatic rings. The third-order valence-corrected chi connectivity index (χ3v) is 3.48. The Morgan fingerprint density at radius 2 is 1.37 bits per heavy atom. The fourth-order valence-corrected chi connectivity index (χ4v) is 1.87. The number of aliphatic carboxylic acids is 1. The van der Waals surface area contributed by atoms with E-state index >= 15 is 0 Å². The maximum Gasteiger partial charge on any atom is 0.333 e. The lowest BCUT2D eigenvalue weighted by atomic mass is 10.1. The van der Waals surface area contributed by atoms with Gasteiger partial charge in [0, 0.05) is 16.7 Å². The molecule has 0 aromatic heterocycles. The summed E-state index contributed by atoms with van der Waals surface area (Å²) in [5.74, 6) is -2.15. The van der Waals surface area contributed by atoms with E-state index in [-0.39, 0.29) is 50.6 Å². The van der Waals surface area contributed by atoms with Crippen LogP contribution in [0.1, 0.15) is 27.2 Å². The smallest absolute Gasteiger partial charge is 0.333 e. The van der Waals surface area contributed by atoms with Gasteiger partial charge in [-0.2, -0.15) is 0 Å². The van der Waals surface area contributed by atoms with Gasteiger partial charge in [0.05, 0.1) is 39.6 Å². The van der Waals surface area contributed by atoms with E-state index in [1.165, 1.54) is 13.0 Å². The van der Waals surface area contributed by atoms with Gasteiger partial charge >= 0.3 is 17.9 Å². The molecule has 0 fully saturated rings. The molecular formula is C21H32O9. The van der Waals surface area contributed by atoms with Crippen LogP contribution < -0.4 is 0 Å². The summed E-state index contributed by atoms with van der Waals surface area (Å²) in [5.41, 5.74) is 0.666. The summed E-state index contributed by atoms with van der Waals surface area (Å²) in [5, 5.41) is 9.14. The third kappa shape index (κ3) is 13.6. The van der Waals surface area contributed by atoms with Gasteiger partial charge in [-0.1, -0.05) is 20.1 Å². The first-order valence-electron chi connectivity index (χ1n) is 9.55. The van der Waals surface area contributed by atoms with E-state index in [1.54, 1.807) is 13.8 Å². The highest BCUT2D eigenvalue weighted by molar-refractivity contribution is 5.88. The highest BCUT2D eigenvalue weighted by Crippen LogP contribution is 2.08. The van der Waals surface area contributed by atoms with E-state index in [9.17, 15) is 14.4 Å². The zero-order valence-corrected chi connectivity index (χ0v) is 17.9. The molecule has 0 heterocycles. The minimum Gasteiger partial charge on any atom is -0.478 e. The van der Waals surface area contributed by atoms with Crippen LogP contribution in [0.5, 0.6) is 0 Å². The molecule has 0 radical (unpaired) electrons. The van der Waals surface area contributed by atoms with E-state index in [1.807, 2.05) is 0 Å². The largest absolute Gasteiger partial charge is 0.478 e. The molecule has 0 aliphatic heterocycles. The van der Waals surface area contributed by atoms with Gasteiger partial charge in [0.1, 0.15) is 12.7 Å². The van der Waals surface area contributed by atoms with Crippen LogP contribution in [0.4, 0.5) is 0 Å². The standard InChI is InChI=1S/C21H32O9/c1-6-17(19(22)23)13-18(30-21(25)16(4)5)14-28-10-9-26-7-8-27-11-12-29-20(24)15(2)3/h13,18H,2,4,6-12,14H2,1,3,5H3,(H,22,23). The number of ether oxygens (including phenoxy) is 5. The van der Waals surface area contributed by atoms with E-state index in [4.69, 9.17) is 28.8 Å². The summed E-state index contributed by atoms with van der Waals surface area (Å²) >= 11 is 0. The van der Waals surface area contributed by atoms with Crippen molar-refractivity contribution in [3.8, 4) is 0 Å². The van der Waals surface area contributed by atoms with Crippen LogP contribution in [0.2, 0.25) is 0 Å². The van der Waals surface area contributed by atoms with Gasteiger partial charge in [-0.05, 0) is 26.3 Å². The number of hydrogen-bond donors (Lipinski definition) is 1. The fourth-order valence-electron chi connectivity index (χ4n) is 1.87. The van der Waals surface area contributed by atoms with E-state index < -0.39 is 24.0 Å². The number of carbonyl (C=O) groups is 3. The molecule has 9 nitrogen and oxygen atoms in total. The van der Waals surface area contributed by atoms with Crippen molar-refractivity contribution in [1.29, 1.82) is 0 Å². The summed E-state index contributed by atoms with van der Waals surface area (Å²) < 4.78 is 26.1.